The summed E-state index contributed by atoms with van der Waals surface area (Å²) in [6, 6.07) is 8.05. The maximum absolute atomic E-state index is 13.9. The number of hydrogen-bond acceptors (Lipinski definition) is 3. The largest absolute Gasteiger partial charge is 0.271 e. The second kappa shape index (κ2) is 5.56. The van der Waals surface area contributed by atoms with E-state index in [-0.39, 0.29) is 5.82 Å². The minimum absolute atomic E-state index is 0.314. The molecule has 0 radical (unpaired) electrons. The average Bonchev–Trinajstić information content (AvgIpc) is 2.36. The van der Waals surface area contributed by atoms with Crippen LogP contribution in [0.15, 0.2) is 41.0 Å². The third-order valence-corrected chi connectivity index (χ3v) is 3.25. The quantitative estimate of drug-likeness (QED) is 0.677. The fourth-order valence-electron chi connectivity index (χ4n) is 1.85. The number of nitrogens with zero attached hydrogens (tertiary/aromatic N) is 1. The highest BCUT2D eigenvalue weighted by Gasteiger charge is 2.19. The topological polar surface area (TPSA) is 50.9 Å². The zero-order valence-electron chi connectivity index (χ0n) is 9.82. The van der Waals surface area contributed by atoms with Gasteiger partial charge >= 0.3 is 0 Å². The standard InChI is InChI=1S/C13H13BrFN3/c1-8-3-2-6-17-12(8)13(18-16)10-7-9(14)4-5-11(10)15/h2-7,13,18H,16H2,1H3. The molecular weight excluding hydrogens is 297 g/mol. The number of aromatic nitrogens is 1. The average molecular weight is 310 g/mol. The Labute approximate surface area is 113 Å². The monoisotopic (exact) mass is 309 g/mol. The summed E-state index contributed by atoms with van der Waals surface area (Å²) in [6.45, 7) is 1.92. The first-order valence-corrected chi connectivity index (χ1v) is 6.25. The van der Waals surface area contributed by atoms with Crippen molar-refractivity contribution in [1.82, 2.24) is 10.4 Å². The van der Waals surface area contributed by atoms with Crippen LogP contribution >= 0.6 is 15.9 Å². The number of rotatable bonds is 3. The van der Waals surface area contributed by atoms with Crippen LogP contribution in [0.25, 0.3) is 0 Å². The van der Waals surface area contributed by atoms with Crippen LogP contribution in [-0.4, -0.2) is 4.98 Å². The van der Waals surface area contributed by atoms with Gasteiger partial charge < -0.3 is 0 Å². The first kappa shape index (κ1) is 13.1. The Kier molecular flexibility index (Phi) is 4.06. The summed E-state index contributed by atoms with van der Waals surface area (Å²) >= 11 is 3.33. The molecule has 0 bridgehead atoms. The highest BCUT2D eigenvalue weighted by Crippen LogP contribution is 2.26. The van der Waals surface area contributed by atoms with Crippen molar-refractivity contribution in [2.75, 3.05) is 0 Å². The van der Waals surface area contributed by atoms with Gasteiger partial charge in [-0.15, -0.1) is 0 Å². The van der Waals surface area contributed by atoms with Gasteiger partial charge in [-0.3, -0.25) is 10.8 Å². The summed E-state index contributed by atoms with van der Waals surface area (Å²) in [5.74, 6) is 5.24. The molecule has 1 heterocycles. The van der Waals surface area contributed by atoms with Crippen molar-refractivity contribution >= 4 is 15.9 Å². The fraction of sp³-hybridized carbons (Fsp3) is 0.154. The van der Waals surface area contributed by atoms with Gasteiger partial charge in [-0.25, -0.2) is 9.82 Å². The van der Waals surface area contributed by atoms with Crippen molar-refractivity contribution in [3.05, 3.63) is 63.6 Å². The maximum atomic E-state index is 13.9. The second-order valence-corrected chi connectivity index (χ2v) is 4.89. The Morgan fingerprint density at radius 1 is 1.39 bits per heavy atom. The third kappa shape index (κ3) is 2.58. The summed E-state index contributed by atoms with van der Waals surface area (Å²) in [6.07, 6.45) is 1.67. The summed E-state index contributed by atoms with van der Waals surface area (Å²) in [5, 5.41) is 0. The van der Waals surface area contributed by atoms with Crippen molar-refractivity contribution in [2.45, 2.75) is 13.0 Å². The smallest absolute Gasteiger partial charge is 0.128 e. The van der Waals surface area contributed by atoms with Gasteiger partial charge in [-0.05, 0) is 36.8 Å². The molecule has 0 fully saturated rings. The maximum Gasteiger partial charge on any atom is 0.128 e. The molecule has 1 unspecified atom stereocenters. The molecule has 5 heteroatoms. The summed E-state index contributed by atoms with van der Waals surface area (Å²) in [5.41, 5.74) is 4.76. The molecule has 18 heavy (non-hydrogen) atoms. The molecule has 0 aliphatic carbocycles. The van der Waals surface area contributed by atoms with Crippen LogP contribution in [0.4, 0.5) is 4.39 Å². The van der Waals surface area contributed by atoms with Crippen molar-refractivity contribution in [3.63, 3.8) is 0 Å². The molecule has 2 aromatic rings. The molecule has 2 rings (SSSR count). The van der Waals surface area contributed by atoms with Crippen LogP contribution in [-0.2, 0) is 0 Å². The minimum Gasteiger partial charge on any atom is -0.271 e. The molecule has 1 atom stereocenters. The van der Waals surface area contributed by atoms with Gasteiger partial charge in [0, 0.05) is 16.2 Å². The lowest BCUT2D eigenvalue weighted by molar-refractivity contribution is 0.551. The summed E-state index contributed by atoms with van der Waals surface area (Å²) in [7, 11) is 0. The lowest BCUT2D eigenvalue weighted by Crippen LogP contribution is -2.30. The van der Waals surface area contributed by atoms with E-state index in [1.165, 1.54) is 6.07 Å². The molecule has 0 amide bonds. The Bertz CT molecular complexity index is 560. The van der Waals surface area contributed by atoms with E-state index in [1.807, 2.05) is 19.1 Å². The van der Waals surface area contributed by atoms with E-state index in [1.54, 1.807) is 18.3 Å². The van der Waals surface area contributed by atoms with Gasteiger partial charge in [0.1, 0.15) is 5.82 Å². The Morgan fingerprint density at radius 3 is 2.83 bits per heavy atom. The van der Waals surface area contributed by atoms with E-state index in [2.05, 4.69) is 26.3 Å². The second-order valence-electron chi connectivity index (χ2n) is 3.97. The Balaban J connectivity index is 2.52. The molecule has 1 aromatic heterocycles. The van der Waals surface area contributed by atoms with E-state index in [0.717, 1.165) is 15.7 Å². The molecule has 3 nitrogen and oxygen atoms in total. The third-order valence-electron chi connectivity index (χ3n) is 2.76. The van der Waals surface area contributed by atoms with Crippen molar-refractivity contribution in [3.8, 4) is 0 Å². The minimum atomic E-state index is -0.469. The van der Waals surface area contributed by atoms with E-state index < -0.39 is 6.04 Å². The lowest BCUT2D eigenvalue weighted by Gasteiger charge is -2.18. The van der Waals surface area contributed by atoms with Gasteiger partial charge in [0.25, 0.3) is 0 Å². The predicted octanol–water partition coefficient (Wildman–Crippen LogP) is 2.84. The number of benzene rings is 1. The molecule has 0 saturated heterocycles. The molecule has 0 spiro atoms. The number of halogens is 2. The zero-order valence-corrected chi connectivity index (χ0v) is 11.4. The molecule has 3 N–H and O–H groups in total. The highest BCUT2D eigenvalue weighted by atomic mass is 79.9. The molecule has 0 aliphatic heterocycles. The molecule has 0 aliphatic rings. The van der Waals surface area contributed by atoms with Gasteiger partial charge in [0.2, 0.25) is 0 Å². The predicted molar refractivity (Wildman–Crippen MR) is 72.2 cm³/mol. The van der Waals surface area contributed by atoms with Gasteiger partial charge in [0.15, 0.2) is 0 Å². The van der Waals surface area contributed by atoms with Crippen molar-refractivity contribution in [2.24, 2.45) is 5.84 Å². The number of pyridine rings is 1. The van der Waals surface area contributed by atoms with Crippen LogP contribution in [0.1, 0.15) is 22.9 Å². The number of nitrogens with one attached hydrogen (secondary N) is 1. The first-order valence-electron chi connectivity index (χ1n) is 5.46. The number of aryl methyl sites for hydroxylation is 1. The number of nitrogens with two attached hydrogens (primary N) is 1. The lowest BCUT2D eigenvalue weighted by atomic mass is 10.00. The Hall–Kier alpha value is -1.30. The van der Waals surface area contributed by atoms with Crippen LogP contribution in [0.3, 0.4) is 0 Å². The van der Waals surface area contributed by atoms with Crippen LogP contribution in [0.5, 0.6) is 0 Å². The molecular formula is C13H13BrFN3. The van der Waals surface area contributed by atoms with E-state index in [0.29, 0.717) is 5.56 Å². The highest BCUT2D eigenvalue weighted by molar-refractivity contribution is 9.10. The number of hydrazine groups is 1. The molecule has 0 saturated carbocycles. The molecule has 1 aromatic carbocycles. The van der Waals surface area contributed by atoms with Crippen LogP contribution in [0.2, 0.25) is 0 Å². The summed E-state index contributed by atoms with van der Waals surface area (Å²) < 4.78 is 14.7. The van der Waals surface area contributed by atoms with E-state index in [9.17, 15) is 4.39 Å². The van der Waals surface area contributed by atoms with Crippen molar-refractivity contribution in [1.29, 1.82) is 0 Å². The van der Waals surface area contributed by atoms with Gasteiger partial charge in [0.05, 0.1) is 11.7 Å². The zero-order chi connectivity index (χ0) is 13.1. The fourth-order valence-corrected chi connectivity index (χ4v) is 2.23. The number of hydrogen-bond donors (Lipinski definition) is 2. The normalized spacial score (nSPS) is 12.4. The van der Waals surface area contributed by atoms with E-state index in [4.69, 9.17) is 5.84 Å². The summed E-state index contributed by atoms with van der Waals surface area (Å²) in [4.78, 5) is 4.27. The van der Waals surface area contributed by atoms with E-state index >= 15 is 0 Å². The van der Waals surface area contributed by atoms with Crippen LogP contribution < -0.4 is 11.3 Å². The molecule has 94 valence electrons. The first-order chi connectivity index (χ1) is 8.63. The van der Waals surface area contributed by atoms with Gasteiger partial charge in [-0.1, -0.05) is 22.0 Å². The van der Waals surface area contributed by atoms with Gasteiger partial charge in [-0.2, -0.15) is 0 Å². The Morgan fingerprint density at radius 2 is 2.17 bits per heavy atom. The SMILES string of the molecule is Cc1cccnc1C(NN)c1cc(Br)ccc1F. The van der Waals surface area contributed by atoms with Crippen LogP contribution in [0, 0.1) is 12.7 Å². The van der Waals surface area contributed by atoms with Crippen molar-refractivity contribution < 1.29 is 4.39 Å².